The van der Waals surface area contributed by atoms with Crippen LogP contribution in [0, 0.1) is 0 Å². The minimum atomic E-state index is -1.08. The Balaban J connectivity index is 0.000000240. The normalized spacial score (nSPS) is 11.1. The molecule has 13 nitrogen and oxygen atoms in total. The number of aromatic carboxylic acids is 2. The van der Waals surface area contributed by atoms with E-state index in [9.17, 15) is 30.0 Å². The lowest BCUT2D eigenvalue weighted by molar-refractivity contribution is 0.0687. The Bertz CT molecular complexity index is 2230. The van der Waals surface area contributed by atoms with E-state index in [2.05, 4.69) is 30.4 Å². The summed E-state index contributed by atoms with van der Waals surface area (Å²) in [5, 5.41) is 55.7. The zero-order valence-corrected chi connectivity index (χ0v) is 29.9. The van der Waals surface area contributed by atoms with Gasteiger partial charge in [-0.2, -0.15) is 10.2 Å². The number of azo groups is 2. The van der Waals surface area contributed by atoms with Gasteiger partial charge in [0, 0.05) is 33.6 Å². The van der Waals surface area contributed by atoms with Gasteiger partial charge >= 0.3 is 11.9 Å². The van der Waals surface area contributed by atoms with Crippen molar-refractivity contribution in [1.82, 2.24) is 0 Å². The van der Waals surface area contributed by atoms with Crippen LogP contribution < -0.4 is 0 Å². The highest BCUT2D eigenvalue weighted by molar-refractivity contribution is 6.30. The molecule has 0 unspecified atom stereocenters. The molecule has 15 heteroatoms. The van der Waals surface area contributed by atoms with Crippen LogP contribution in [0.4, 0.5) is 34.1 Å². The number of carboxylic acid groups (broad SMARTS) is 2. The predicted octanol–water partition coefficient (Wildman–Crippen LogP) is 11.0. The summed E-state index contributed by atoms with van der Waals surface area (Å²) in [6.45, 7) is 0. The highest BCUT2D eigenvalue weighted by atomic mass is 35.5. The number of hydrogen-bond acceptors (Lipinski definition) is 10. The van der Waals surface area contributed by atoms with Crippen molar-refractivity contribution in [2.45, 2.75) is 0 Å². The van der Waals surface area contributed by atoms with Gasteiger partial charge in [0.15, 0.2) is 0 Å². The first-order chi connectivity index (χ1) is 26.0. The Morgan fingerprint density at radius 2 is 0.818 bits per heavy atom. The molecule has 0 aliphatic rings. The van der Waals surface area contributed by atoms with Crippen molar-refractivity contribution >= 4 is 81.7 Å². The zero-order valence-electron chi connectivity index (χ0n) is 28.4. The molecule has 0 aliphatic heterocycles. The maximum atomic E-state index is 11.2. The summed E-state index contributed by atoms with van der Waals surface area (Å²) in [5.41, 5.74) is 3.78. The summed E-state index contributed by atoms with van der Waals surface area (Å²) in [7, 11) is 0. The number of halogens is 2. The number of aromatic hydroxyl groups is 2. The van der Waals surface area contributed by atoms with Crippen molar-refractivity contribution in [2.24, 2.45) is 30.4 Å². The molecule has 0 heterocycles. The molecular weight excluding hydrogens is 747 g/mol. The number of aliphatic imine (C=N–C) groups is 2. The van der Waals surface area contributed by atoms with Crippen molar-refractivity contribution in [2.75, 3.05) is 0 Å². The van der Waals surface area contributed by atoms with Crippen LogP contribution in [0.15, 0.2) is 164 Å². The van der Waals surface area contributed by atoms with Gasteiger partial charge in [-0.05, 0) is 109 Å². The Hall–Kier alpha value is -7.06. The van der Waals surface area contributed by atoms with Crippen LogP contribution in [-0.4, -0.2) is 50.3 Å². The van der Waals surface area contributed by atoms with Gasteiger partial charge in [0.1, 0.15) is 22.9 Å². The number of benzene rings is 6. The number of rotatable bonds is 10. The third-order valence-corrected chi connectivity index (χ3v) is 7.70. The lowest BCUT2D eigenvalue weighted by atomic mass is 10.2. The molecule has 0 fully saturated rings. The smallest absolute Gasteiger partial charge is 0.337 e. The van der Waals surface area contributed by atoms with Gasteiger partial charge in [0.05, 0.1) is 33.9 Å². The third kappa shape index (κ3) is 12.0. The van der Waals surface area contributed by atoms with Crippen LogP contribution >= 0.6 is 23.2 Å². The van der Waals surface area contributed by atoms with Crippen LogP contribution in [0.1, 0.15) is 31.8 Å². The average molecular weight is 778 g/mol. The molecule has 0 saturated carbocycles. The summed E-state index contributed by atoms with van der Waals surface area (Å²) >= 11 is 11.7. The standard InChI is InChI=1S/2C20H14ClN3O3.H2O/c2*21-14-5-7-15(8-6-14)22-12-13-11-16(9-10-19(13)25)23-24-18-4-2-1-3-17(18)20(26)27;/h2*1-12,25H,(H,26,27);1H2. The fourth-order valence-electron chi connectivity index (χ4n) is 4.46. The molecule has 0 radical (unpaired) electrons. The van der Waals surface area contributed by atoms with Crippen molar-refractivity contribution in [1.29, 1.82) is 0 Å². The molecule has 0 aliphatic carbocycles. The van der Waals surface area contributed by atoms with Gasteiger partial charge in [-0.25, -0.2) is 9.59 Å². The first-order valence-electron chi connectivity index (χ1n) is 15.8. The quantitative estimate of drug-likeness (QED) is 0.0782. The summed E-state index contributed by atoms with van der Waals surface area (Å²) in [6, 6.07) is 35.8. The van der Waals surface area contributed by atoms with E-state index in [0.717, 1.165) is 0 Å². The molecule has 6 aromatic carbocycles. The number of phenolic OH excluding ortho intramolecular Hbond substituents is 2. The Morgan fingerprint density at radius 1 is 0.473 bits per heavy atom. The highest BCUT2D eigenvalue weighted by Gasteiger charge is 2.10. The molecule has 6 rings (SSSR count). The van der Waals surface area contributed by atoms with E-state index in [-0.39, 0.29) is 39.5 Å². The van der Waals surface area contributed by atoms with E-state index in [4.69, 9.17) is 23.2 Å². The van der Waals surface area contributed by atoms with E-state index in [1.54, 1.807) is 109 Å². The minimum absolute atomic E-state index is 0. The fraction of sp³-hybridized carbons (Fsp3) is 0. The topological polar surface area (TPSA) is 221 Å². The monoisotopic (exact) mass is 776 g/mol. The maximum absolute atomic E-state index is 11.2. The number of carboxylic acids is 2. The molecule has 0 spiro atoms. The largest absolute Gasteiger partial charge is 0.507 e. The van der Waals surface area contributed by atoms with Crippen LogP contribution in [-0.2, 0) is 0 Å². The summed E-state index contributed by atoms with van der Waals surface area (Å²) in [4.78, 5) is 31.0. The molecule has 6 aromatic rings. The third-order valence-electron chi connectivity index (χ3n) is 7.20. The first-order valence-corrected chi connectivity index (χ1v) is 16.5. The second-order valence-corrected chi connectivity index (χ2v) is 11.9. The number of phenols is 2. The van der Waals surface area contributed by atoms with Crippen LogP contribution in [0.5, 0.6) is 11.5 Å². The minimum Gasteiger partial charge on any atom is -0.507 e. The summed E-state index contributed by atoms with van der Waals surface area (Å²) in [6.07, 6.45) is 3.01. The molecule has 0 saturated heterocycles. The van der Waals surface area contributed by atoms with Gasteiger partial charge in [-0.15, -0.1) is 10.2 Å². The van der Waals surface area contributed by atoms with E-state index in [0.29, 0.717) is 43.9 Å². The first kappa shape index (κ1) is 40.7. The number of carbonyl (C=O) groups is 2. The number of nitrogens with zero attached hydrogens (tertiary/aromatic N) is 6. The lowest BCUT2D eigenvalue weighted by Gasteiger charge is -2.01. The molecule has 55 heavy (non-hydrogen) atoms. The molecule has 0 amide bonds. The van der Waals surface area contributed by atoms with Crippen molar-refractivity contribution in [3.8, 4) is 11.5 Å². The molecule has 276 valence electrons. The lowest BCUT2D eigenvalue weighted by Crippen LogP contribution is -1.95. The highest BCUT2D eigenvalue weighted by Crippen LogP contribution is 2.28. The average Bonchev–Trinajstić information content (AvgIpc) is 3.18. The summed E-state index contributed by atoms with van der Waals surface area (Å²) < 4.78 is 0. The van der Waals surface area contributed by atoms with Crippen molar-refractivity contribution < 1.29 is 35.5 Å². The Labute approximate surface area is 323 Å². The van der Waals surface area contributed by atoms with E-state index >= 15 is 0 Å². The van der Waals surface area contributed by atoms with Crippen LogP contribution in [0.3, 0.4) is 0 Å². The van der Waals surface area contributed by atoms with E-state index in [1.165, 1.54) is 36.7 Å². The van der Waals surface area contributed by atoms with Crippen LogP contribution in [0.2, 0.25) is 10.0 Å². The van der Waals surface area contributed by atoms with Gasteiger partial charge in [-0.1, -0.05) is 47.5 Å². The molecule has 0 bridgehead atoms. The van der Waals surface area contributed by atoms with Gasteiger partial charge < -0.3 is 25.9 Å². The fourth-order valence-corrected chi connectivity index (χ4v) is 4.72. The SMILES string of the molecule is O.O=C(O)c1ccccc1N=Nc1ccc(O)c(C=Nc2ccc(Cl)cc2)c1.O=C(O)c1ccccc1N=Nc1ccc(O)c(C=Nc2ccc(Cl)cc2)c1. The second-order valence-electron chi connectivity index (χ2n) is 11.0. The Morgan fingerprint density at radius 3 is 1.18 bits per heavy atom. The van der Waals surface area contributed by atoms with Crippen molar-refractivity contribution in [3.63, 3.8) is 0 Å². The van der Waals surface area contributed by atoms with Gasteiger partial charge in [-0.3, -0.25) is 9.98 Å². The summed E-state index contributed by atoms with van der Waals surface area (Å²) in [5.74, 6) is -2.08. The van der Waals surface area contributed by atoms with E-state index < -0.39 is 11.9 Å². The maximum Gasteiger partial charge on any atom is 0.337 e. The molecule has 0 aromatic heterocycles. The number of hydrogen-bond donors (Lipinski definition) is 4. The van der Waals surface area contributed by atoms with Gasteiger partial charge in [0.2, 0.25) is 0 Å². The van der Waals surface area contributed by atoms with Crippen LogP contribution in [0.25, 0.3) is 0 Å². The van der Waals surface area contributed by atoms with Crippen molar-refractivity contribution in [3.05, 3.63) is 166 Å². The van der Waals surface area contributed by atoms with Gasteiger partial charge in [0.25, 0.3) is 0 Å². The zero-order chi connectivity index (χ0) is 38.5. The molecular formula is C40H30Cl2N6O7. The molecule has 6 N–H and O–H groups in total. The Kier molecular flexibility index (Phi) is 14.6. The molecule has 0 atom stereocenters. The van der Waals surface area contributed by atoms with E-state index in [1.807, 2.05) is 0 Å². The predicted molar refractivity (Wildman–Crippen MR) is 212 cm³/mol. The second kappa shape index (κ2) is 19.7.